The van der Waals surface area contributed by atoms with Crippen molar-refractivity contribution in [2.75, 3.05) is 37.6 Å². The summed E-state index contributed by atoms with van der Waals surface area (Å²) in [6.45, 7) is 4.27. The molecule has 0 spiro atoms. The van der Waals surface area contributed by atoms with Gasteiger partial charge in [0.05, 0.1) is 23.6 Å². The molecule has 0 bridgehead atoms. The van der Waals surface area contributed by atoms with Crippen molar-refractivity contribution < 1.29 is 0 Å². The summed E-state index contributed by atoms with van der Waals surface area (Å²) in [5.41, 5.74) is 0.399. The maximum absolute atomic E-state index is 12.7. The summed E-state index contributed by atoms with van der Waals surface area (Å²) in [6, 6.07) is 6.70. The molecule has 11 heteroatoms. The number of hydrogen-bond donors (Lipinski definition) is 0. The highest BCUT2D eigenvalue weighted by atomic mass is 16.1. The zero-order valence-corrected chi connectivity index (χ0v) is 17.7. The molecule has 11 nitrogen and oxygen atoms in total. The molecule has 1 aliphatic heterocycles. The van der Waals surface area contributed by atoms with Gasteiger partial charge in [0.25, 0.3) is 11.1 Å². The first-order valence-corrected chi connectivity index (χ1v) is 10.5. The number of nitrogens with zero attached hydrogens (tertiary/aromatic N) is 9. The van der Waals surface area contributed by atoms with Crippen molar-refractivity contribution in [3.63, 3.8) is 0 Å². The van der Waals surface area contributed by atoms with E-state index in [2.05, 4.69) is 30.0 Å². The standard InChI is InChI=1S/C21H23N9O2/c1-26-20(32)16-5-7-22-15-17(16)24-21(26)28-12-9-27(10-13-28)11-14-30-19(31)4-3-18(25-30)29-8-2-6-23-29/h2-8,15H,9-14H2,1H3. The van der Waals surface area contributed by atoms with Crippen LogP contribution >= 0.6 is 0 Å². The van der Waals surface area contributed by atoms with Gasteiger partial charge in [0.1, 0.15) is 0 Å². The lowest BCUT2D eigenvalue weighted by atomic mass is 10.3. The minimum atomic E-state index is -0.136. The Hall–Kier alpha value is -3.86. The zero-order chi connectivity index (χ0) is 22.1. The smallest absolute Gasteiger partial charge is 0.266 e. The normalized spacial score (nSPS) is 14.8. The molecule has 1 aliphatic rings. The van der Waals surface area contributed by atoms with Crippen LogP contribution in [0, 0.1) is 0 Å². The fraction of sp³-hybridized carbons (Fsp3) is 0.333. The van der Waals surface area contributed by atoms with Crippen molar-refractivity contribution >= 4 is 16.9 Å². The predicted molar refractivity (Wildman–Crippen MR) is 119 cm³/mol. The summed E-state index contributed by atoms with van der Waals surface area (Å²) < 4.78 is 4.71. The number of piperazine rings is 1. The maximum Gasteiger partial charge on any atom is 0.266 e. The second-order valence-electron chi connectivity index (χ2n) is 7.70. The third-order valence-electron chi connectivity index (χ3n) is 5.73. The van der Waals surface area contributed by atoms with E-state index in [1.165, 1.54) is 10.7 Å². The van der Waals surface area contributed by atoms with Crippen molar-refractivity contribution in [2.45, 2.75) is 6.54 Å². The monoisotopic (exact) mass is 433 g/mol. The average Bonchev–Trinajstić information content (AvgIpc) is 3.36. The Morgan fingerprint density at radius 1 is 1.00 bits per heavy atom. The topological polar surface area (TPSA) is 107 Å². The molecule has 32 heavy (non-hydrogen) atoms. The molecule has 4 aromatic rings. The molecule has 164 valence electrons. The predicted octanol–water partition coefficient (Wildman–Crippen LogP) is -0.107. The number of pyridine rings is 1. The van der Waals surface area contributed by atoms with E-state index < -0.39 is 0 Å². The van der Waals surface area contributed by atoms with Crippen LogP contribution in [0.25, 0.3) is 16.7 Å². The highest BCUT2D eigenvalue weighted by Gasteiger charge is 2.21. The molecule has 0 radical (unpaired) electrons. The summed E-state index contributed by atoms with van der Waals surface area (Å²) in [6.07, 6.45) is 6.70. The van der Waals surface area contributed by atoms with E-state index in [-0.39, 0.29) is 11.1 Å². The van der Waals surface area contributed by atoms with E-state index in [0.717, 1.165) is 26.2 Å². The average molecular weight is 433 g/mol. The lowest BCUT2D eigenvalue weighted by Gasteiger charge is -2.35. The van der Waals surface area contributed by atoms with Crippen molar-refractivity contribution in [2.24, 2.45) is 7.05 Å². The fourth-order valence-corrected chi connectivity index (χ4v) is 3.93. The highest BCUT2D eigenvalue weighted by molar-refractivity contribution is 5.77. The van der Waals surface area contributed by atoms with Crippen LogP contribution in [0.15, 0.2) is 58.6 Å². The van der Waals surface area contributed by atoms with Crippen molar-refractivity contribution in [3.05, 3.63) is 69.8 Å². The molecular weight excluding hydrogens is 410 g/mol. The Morgan fingerprint density at radius 2 is 1.84 bits per heavy atom. The van der Waals surface area contributed by atoms with Gasteiger partial charge in [-0.3, -0.25) is 24.0 Å². The molecule has 4 aromatic heterocycles. The molecule has 0 atom stereocenters. The van der Waals surface area contributed by atoms with Crippen LogP contribution in [-0.4, -0.2) is 71.7 Å². The van der Waals surface area contributed by atoms with Crippen molar-refractivity contribution in [3.8, 4) is 5.82 Å². The quantitative estimate of drug-likeness (QED) is 0.429. The van der Waals surface area contributed by atoms with E-state index in [0.29, 0.717) is 35.8 Å². The lowest BCUT2D eigenvalue weighted by molar-refractivity contribution is 0.241. The Kier molecular flexibility index (Phi) is 5.23. The Morgan fingerprint density at radius 3 is 2.62 bits per heavy atom. The maximum atomic E-state index is 12.7. The van der Waals surface area contributed by atoms with Crippen LogP contribution in [0.3, 0.4) is 0 Å². The molecule has 0 aliphatic carbocycles. The Balaban J connectivity index is 1.25. The van der Waals surface area contributed by atoms with E-state index >= 15 is 0 Å². The minimum Gasteiger partial charge on any atom is -0.340 e. The summed E-state index contributed by atoms with van der Waals surface area (Å²) in [4.78, 5) is 38.1. The number of hydrogen-bond acceptors (Lipinski definition) is 8. The van der Waals surface area contributed by atoms with Crippen LogP contribution < -0.4 is 16.0 Å². The largest absolute Gasteiger partial charge is 0.340 e. The number of anilines is 1. The van der Waals surface area contributed by atoms with Gasteiger partial charge in [-0.1, -0.05) is 0 Å². The van der Waals surface area contributed by atoms with Gasteiger partial charge in [0.2, 0.25) is 5.95 Å². The molecule has 0 aromatic carbocycles. The van der Waals surface area contributed by atoms with Gasteiger partial charge < -0.3 is 4.90 Å². The van der Waals surface area contributed by atoms with Gasteiger partial charge in [-0.2, -0.15) is 5.10 Å². The SMILES string of the molecule is Cn1c(N2CCN(CCn3nc(-n4cccn4)ccc3=O)CC2)nc2cnccc2c1=O. The van der Waals surface area contributed by atoms with Crippen molar-refractivity contribution in [1.82, 2.24) is 39.0 Å². The van der Waals surface area contributed by atoms with Gasteiger partial charge in [-0.05, 0) is 18.2 Å². The van der Waals surface area contributed by atoms with Gasteiger partial charge in [0, 0.05) is 64.4 Å². The van der Waals surface area contributed by atoms with E-state index in [1.807, 2.05) is 6.07 Å². The van der Waals surface area contributed by atoms with Crippen LogP contribution in [0.4, 0.5) is 5.95 Å². The lowest BCUT2D eigenvalue weighted by Crippen LogP contribution is -2.49. The molecular formula is C21H23N9O2. The van der Waals surface area contributed by atoms with E-state index in [9.17, 15) is 9.59 Å². The first-order chi connectivity index (χ1) is 15.6. The summed E-state index contributed by atoms with van der Waals surface area (Å²) in [7, 11) is 1.75. The first kappa shape index (κ1) is 20.1. The summed E-state index contributed by atoms with van der Waals surface area (Å²) in [5.74, 6) is 1.26. The molecule has 5 rings (SSSR count). The second kappa shape index (κ2) is 8.35. The fourth-order valence-electron chi connectivity index (χ4n) is 3.93. The third kappa shape index (κ3) is 3.78. The van der Waals surface area contributed by atoms with Gasteiger partial charge in [0.15, 0.2) is 5.82 Å². The van der Waals surface area contributed by atoms with Crippen LogP contribution in [0.1, 0.15) is 0 Å². The van der Waals surface area contributed by atoms with E-state index in [1.54, 1.807) is 53.2 Å². The Labute approximate surface area is 183 Å². The number of fused-ring (bicyclic) bond motifs is 1. The molecule has 0 N–H and O–H groups in total. The van der Waals surface area contributed by atoms with Gasteiger partial charge in [-0.15, -0.1) is 5.10 Å². The van der Waals surface area contributed by atoms with E-state index in [4.69, 9.17) is 0 Å². The van der Waals surface area contributed by atoms with Gasteiger partial charge in [-0.25, -0.2) is 14.3 Å². The number of aromatic nitrogens is 7. The highest BCUT2D eigenvalue weighted by Crippen LogP contribution is 2.15. The first-order valence-electron chi connectivity index (χ1n) is 10.5. The van der Waals surface area contributed by atoms with Gasteiger partial charge >= 0.3 is 0 Å². The minimum absolute atomic E-state index is 0.0719. The zero-order valence-electron chi connectivity index (χ0n) is 17.7. The van der Waals surface area contributed by atoms with Crippen LogP contribution in [-0.2, 0) is 13.6 Å². The van der Waals surface area contributed by atoms with Crippen LogP contribution in [0.2, 0.25) is 0 Å². The summed E-state index contributed by atoms with van der Waals surface area (Å²) in [5, 5.41) is 9.16. The molecule has 0 amide bonds. The van der Waals surface area contributed by atoms with Crippen molar-refractivity contribution in [1.29, 1.82) is 0 Å². The summed E-state index contributed by atoms with van der Waals surface area (Å²) >= 11 is 0. The Bertz CT molecular complexity index is 1350. The third-order valence-corrected chi connectivity index (χ3v) is 5.73. The molecule has 0 unspecified atom stereocenters. The molecule has 5 heterocycles. The van der Waals surface area contributed by atoms with Crippen LogP contribution in [0.5, 0.6) is 0 Å². The second-order valence-corrected chi connectivity index (χ2v) is 7.70. The number of rotatable bonds is 5. The molecule has 0 saturated carbocycles. The molecule has 1 saturated heterocycles. The molecule has 1 fully saturated rings.